The van der Waals surface area contributed by atoms with Gasteiger partial charge in [0.1, 0.15) is 11.5 Å². The molecule has 0 atom stereocenters. The SMILES string of the molecule is CCCCCc1c(C)oc(C)c1CC1=CCOCC1. The Labute approximate surface area is 116 Å². The van der Waals surface area contributed by atoms with Crippen LogP contribution in [0.1, 0.15) is 55.3 Å². The molecule has 0 aliphatic carbocycles. The van der Waals surface area contributed by atoms with Gasteiger partial charge in [-0.25, -0.2) is 0 Å². The van der Waals surface area contributed by atoms with Gasteiger partial charge in [-0.05, 0) is 45.1 Å². The summed E-state index contributed by atoms with van der Waals surface area (Å²) in [6.07, 6.45) is 9.36. The molecule has 1 aliphatic rings. The molecule has 2 rings (SSSR count). The summed E-state index contributed by atoms with van der Waals surface area (Å²) in [5.41, 5.74) is 4.40. The highest BCUT2D eigenvalue weighted by Gasteiger charge is 2.16. The van der Waals surface area contributed by atoms with Crippen molar-refractivity contribution in [3.63, 3.8) is 0 Å². The molecule has 0 radical (unpaired) electrons. The van der Waals surface area contributed by atoms with Crippen LogP contribution in [0.2, 0.25) is 0 Å². The van der Waals surface area contributed by atoms with Gasteiger partial charge in [-0.1, -0.05) is 31.4 Å². The Morgan fingerprint density at radius 2 is 1.89 bits per heavy atom. The quantitative estimate of drug-likeness (QED) is 0.555. The van der Waals surface area contributed by atoms with Gasteiger partial charge in [0.05, 0.1) is 13.2 Å². The van der Waals surface area contributed by atoms with Crippen LogP contribution in [0.3, 0.4) is 0 Å². The van der Waals surface area contributed by atoms with Gasteiger partial charge in [0.25, 0.3) is 0 Å². The normalized spacial score (nSPS) is 15.6. The van der Waals surface area contributed by atoms with Crippen LogP contribution in [0.15, 0.2) is 16.1 Å². The lowest BCUT2D eigenvalue weighted by molar-refractivity contribution is 0.154. The van der Waals surface area contributed by atoms with E-state index in [4.69, 9.17) is 9.15 Å². The number of hydrogen-bond acceptors (Lipinski definition) is 2. The van der Waals surface area contributed by atoms with Gasteiger partial charge in [-0.15, -0.1) is 0 Å². The third kappa shape index (κ3) is 3.73. The highest BCUT2D eigenvalue weighted by molar-refractivity contribution is 5.36. The summed E-state index contributed by atoms with van der Waals surface area (Å²) < 4.78 is 11.2. The molecule has 2 nitrogen and oxygen atoms in total. The lowest BCUT2D eigenvalue weighted by Gasteiger charge is -2.14. The van der Waals surface area contributed by atoms with Crippen LogP contribution in [0.4, 0.5) is 0 Å². The van der Waals surface area contributed by atoms with E-state index < -0.39 is 0 Å². The maximum Gasteiger partial charge on any atom is 0.104 e. The highest BCUT2D eigenvalue weighted by Crippen LogP contribution is 2.27. The zero-order valence-electron chi connectivity index (χ0n) is 12.6. The fraction of sp³-hybridized carbons (Fsp3) is 0.647. The van der Waals surface area contributed by atoms with E-state index in [0.29, 0.717) is 0 Å². The Kier molecular flexibility index (Phi) is 5.26. The average molecular weight is 262 g/mol. The molecule has 0 bridgehead atoms. The minimum absolute atomic E-state index is 0.774. The molecule has 2 heterocycles. The van der Waals surface area contributed by atoms with Crippen molar-refractivity contribution in [2.24, 2.45) is 0 Å². The molecule has 1 aromatic rings. The predicted octanol–water partition coefficient (Wildman–Crippen LogP) is 4.52. The molecule has 0 saturated heterocycles. The summed E-state index contributed by atoms with van der Waals surface area (Å²) in [5.74, 6) is 2.23. The van der Waals surface area contributed by atoms with Gasteiger partial charge >= 0.3 is 0 Å². The van der Waals surface area contributed by atoms with Crippen molar-refractivity contribution in [2.45, 2.75) is 59.3 Å². The van der Waals surface area contributed by atoms with E-state index in [1.165, 1.54) is 36.0 Å². The maximum absolute atomic E-state index is 5.86. The van der Waals surface area contributed by atoms with Crippen LogP contribution in [0, 0.1) is 13.8 Å². The molecule has 1 aliphatic heterocycles. The summed E-state index contributed by atoms with van der Waals surface area (Å²) in [6, 6.07) is 0. The lowest BCUT2D eigenvalue weighted by atomic mass is 9.95. The van der Waals surface area contributed by atoms with Crippen molar-refractivity contribution in [1.29, 1.82) is 0 Å². The van der Waals surface area contributed by atoms with Crippen molar-refractivity contribution in [2.75, 3.05) is 13.2 Å². The van der Waals surface area contributed by atoms with Crippen molar-refractivity contribution in [3.8, 4) is 0 Å². The number of furan rings is 1. The second-order valence-corrected chi connectivity index (χ2v) is 5.49. The smallest absolute Gasteiger partial charge is 0.104 e. The number of ether oxygens (including phenoxy) is 1. The summed E-state index contributed by atoms with van der Waals surface area (Å²) in [6.45, 7) is 8.10. The molecule has 0 fully saturated rings. The third-order valence-corrected chi connectivity index (χ3v) is 4.01. The first kappa shape index (κ1) is 14.4. The van der Waals surface area contributed by atoms with Crippen LogP contribution in [0.25, 0.3) is 0 Å². The van der Waals surface area contributed by atoms with Gasteiger partial charge in [0, 0.05) is 5.56 Å². The van der Waals surface area contributed by atoms with E-state index in [1.807, 2.05) is 0 Å². The first-order valence-electron chi connectivity index (χ1n) is 7.55. The van der Waals surface area contributed by atoms with Gasteiger partial charge in [-0.2, -0.15) is 0 Å². The fourth-order valence-corrected chi connectivity index (χ4v) is 2.84. The van der Waals surface area contributed by atoms with Crippen LogP contribution in [0.5, 0.6) is 0 Å². The second-order valence-electron chi connectivity index (χ2n) is 5.49. The Morgan fingerprint density at radius 3 is 2.58 bits per heavy atom. The van der Waals surface area contributed by atoms with Crippen molar-refractivity contribution >= 4 is 0 Å². The Morgan fingerprint density at radius 1 is 1.11 bits per heavy atom. The van der Waals surface area contributed by atoms with E-state index >= 15 is 0 Å². The molecular weight excluding hydrogens is 236 g/mol. The number of aryl methyl sites for hydroxylation is 2. The van der Waals surface area contributed by atoms with Crippen LogP contribution in [-0.4, -0.2) is 13.2 Å². The zero-order chi connectivity index (χ0) is 13.7. The second kappa shape index (κ2) is 6.95. The molecule has 1 aromatic heterocycles. The predicted molar refractivity (Wildman–Crippen MR) is 78.6 cm³/mol. The summed E-state index contributed by atoms with van der Waals surface area (Å²) in [7, 11) is 0. The van der Waals surface area contributed by atoms with Gasteiger partial charge < -0.3 is 9.15 Å². The molecular formula is C17H26O2. The molecule has 0 N–H and O–H groups in total. The number of unbranched alkanes of at least 4 members (excludes halogenated alkanes) is 2. The van der Waals surface area contributed by atoms with Crippen LogP contribution >= 0.6 is 0 Å². The Bertz CT molecular complexity index is 440. The van der Waals surface area contributed by atoms with E-state index in [2.05, 4.69) is 26.8 Å². The van der Waals surface area contributed by atoms with Gasteiger partial charge in [-0.3, -0.25) is 0 Å². The Hall–Kier alpha value is -1.02. The topological polar surface area (TPSA) is 22.4 Å². The van der Waals surface area contributed by atoms with Crippen LogP contribution < -0.4 is 0 Å². The number of rotatable bonds is 6. The first-order valence-corrected chi connectivity index (χ1v) is 7.55. The largest absolute Gasteiger partial charge is 0.466 e. The summed E-state index contributed by atoms with van der Waals surface area (Å²) in [4.78, 5) is 0. The molecule has 106 valence electrons. The number of hydrogen-bond donors (Lipinski definition) is 0. The fourth-order valence-electron chi connectivity index (χ4n) is 2.84. The standard InChI is InChI=1S/C17H26O2/c1-4-5-6-7-16-13(2)19-14(3)17(16)12-15-8-10-18-11-9-15/h8H,4-7,9-12H2,1-3H3. The first-order chi connectivity index (χ1) is 9.22. The summed E-state index contributed by atoms with van der Waals surface area (Å²) in [5, 5.41) is 0. The molecule has 0 aromatic carbocycles. The lowest BCUT2D eigenvalue weighted by Crippen LogP contribution is -2.07. The van der Waals surface area contributed by atoms with Crippen molar-refractivity contribution in [3.05, 3.63) is 34.3 Å². The van der Waals surface area contributed by atoms with E-state index in [0.717, 1.165) is 44.0 Å². The monoisotopic (exact) mass is 262 g/mol. The third-order valence-electron chi connectivity index (χ3n) is 4.01. The summed E-state index contributed by atoms with van der Waals surface area (Å²) >= 11 is 0. The zero-order valence-corrected chi connectivity index (χ0v) is 12.6. The molecule has 0 amide bonds. The van der Waals surface area contributed by atoms with E-state index in [1.54, 1.807) is 0 Å². The molecule has 19 heavy (non-hydrogen) atoms. The van der Waals surface area contributed by atoms with Crippen molar-refractivity contribution < 1.29 is 9.15 Å². The molecule has 0 saturated carbocycles. The van der Waals surface area contributed by atoms with Gasteiger partial charge in [0.2, 0.25) is 0 Å². The van der Waals surface area contributed by atoms with Crippen LogP contribution in [-0.2, 0) is 17.6 Å². The Balaban J connectivity index is 2.11. The molecule has 2 heteroatoms. The minimum atomic E-state index is 0.774. The molecule has 0 unspecified atom stereocenters. The van der Waals surface area contributed by atoms with Crippen molar-refractivity contribution in [1.82, 2.24) is 0 Å². The molecule has 0 spiro atoms. The van der Waals surface area contributed by atoms with E-state index in [-0.39, 0.29) is 0 Å². The average Bonchev–Trinajstić information content (AvgIpc) is 2.67. The highest BCUT2D eigenvalue weighted by atomic mass is 16.5. The minimum Gasteiger partial charge on any atom is -0.466 e. The maximum atomic E-state index is 5.86. The van der Waals surface area contributed by atoms with E-state index in [9.17, 15) is 0 Å². The van der Waals surface area contributed by atoms with Gasteiger partial charge in [0.15, 0.2) is 0 Å².